The lowest BCUT2D eigenvalue weighted by molar-refractivity contribution is -0.166. The van der Waals surface area contributed by atoms with Gasteiger partial charge in [0, 0.05) is 19.0 Å². The minimum absolute atomic E-state index is 0.253. The molecule has 2 fully saturated rings. The van der Waals surface area contributed by atoms with E-state index in [2.05, 4.69) is 15.0 Å². The molecule has 7 nitrogen and oxygen atoms in total. The van der Waals surface area contributed by atoms with Crippen molar-refractivity contribution in [2.24, 2.45) is 0 Å². The molecule has 0 bridgehead atoms. The molecule has 2 aliphatic rings. The van der Waals surface area contributed by atoms with Crippen LogP contribution in [0.1, 0.15) is 37.4 Å². The van der Waals surface area contributed by atoms with Gasteiger partial charge in [-0.2, -0.15) is 4.98 Å². The Kier molecular flexibility index (Phi) is 3.02. The Balaban J connectivity index is 1.46. The molecule has 1 aliphatic heterocycles. The predicted octanol–water partition coefficient (Wildman–Crippen LogP) is 0.622. The average Bonchev–Trinajstić information content (AvgIpc) is 3.06. The van der Waals surface area contributed by atoms with Crippen molar-refractivity contribution in [2.75, 3.05) is 19.7 Å². The number of aromatic nitrogens is 2. The van der Waals surface area contributed by atoms with E-state index >= 15 is 0 Å². The van der Waals surface area contributed by atoms with Gasteiger partial charge in [-0.1, -0.05) is 5.16 Å². The Labute approximate surface area is 110 Å². The fraction of sp³-hybridized carbons (Fsp3) is 0.750. The summed E-state index contributed by atoms with van der Waals surface area (Å²) in [6.45, 7) is 3.63. The van der Waals surface area contributed by atoms with Crippen LogP contribution in [-0.2, 0) is 16.1 Å². The van der Waals surface area contributed by atoms with Gasteiger partial charge in [0.05, 0.1) is 12.1 Å². The second-order valence-electron chi connectivity index (χ2n) is 5.60. The number of likely N-dealkylation sites (tertiary alicyclic amines) is 1. The Morgan fingerprint density at radius 2 is 2.32 bits per heavy atom. The van der Waals surface area contributed by atoms with Gasteiger partial charge >= 0.3 is 5.97 Å². The van der Waals surface area contributed by atoms with Crippen LogP contribution in [0.15, 0.2) is 4.52 Å². The van der Waals surface area contributed by atoms with Crippen LogP contribution in [0.2, 0.25) is 0 Å². The summed E-state index contributed by atoms with van der Waals surface area (Å²) in [5, 5.41) is 12.6. The number of carbonyl (C=O) groups is 1. The van der Waals surface area contributed by atoms with E-state index in [9.17, 15) is 4.79 Å². The number of nitrogens with zero attached hydrogens (tertiary/aromatic N) is 3. The van der Waals surface area contributed by atoms with E-state index in [1.807, 2.05) is 6.92 Å². The highest BCUT2D eigenvalue weighted by molar-refractivity contribution is 5.68. The summed E-state index contributed by atoms with van der Waals surface area (Å²) in [7, 11) is 0. The molecule has 1 N–H and O–H groups in total. The molecule has 1 saturated heterocycles. The zero-order valence-electron chi connectivity index (χ0n) is 10.8. The topological polar surface area (TPSA) is 88.7 Å². The summed E-state index contributed by atoms with van der Waals surface area (Å²) in [5.41, 5.74) is -0.377. The third-order valence-electron chi connectivity index (χ3n) is 3.45. The smallest absolute Gasteiger partial charge is 0.329 e. The highest BCUT2D eigenvalue weighted by Crippen LogP contribution is 2.38. The maximum atomic E-state index is 10.5. The number of hydrogen-bond donors (Lipinski definition) is 1. The van der Waals surface area contributed by atoms with Gasteiger partial charge in [0.15, 0.2) is 5.82 Å². The number of rotatable bonds is 6. The number of carboxylic acids is 1. The maximum Gasteiger partial charge on any atom is 0.329 e. The highest BCUT2D eigenvalue weighted by atomic mass is 16.5. The van der Waals surface area contributed by atoms with E-state index in [-0.39, 0.29) is 12.2 Å². The Morgan fingerprint density at radius 1 is 1.58 bits per heavy atom. The minimum atomic E-state index is -0.939. The maximum absolute atomic E-state index is 10.5. The molecule has 2 heterocycles. The molecule has 1 saturated carbocycles. The van der Waals surface area contributed by atoms with E-state index in [4.69, 9.17) is 14.4 Å². The minimum Gasteiger partial charge on any atom is -0.480 e. The number of ether oxygens (including phenoxy) is 1. The first-order valence-electron chi connectivity index (χ1n) is 6.45. The van der Waals surface area contributed by atoms with Crippen LogP contribution in [0.25, 0.3) is 0 Å². The van der Waals surface area contributed by atoms with Crippen LogP contribution in [0, 0.1) is 0 Å². The quantitative estimate of drug-likeness (QED) is 0.808. The summed E-state index contributed by atoms with van der Waals surface area (Å²) in [5.74, 6) is 1.01. The zero-order valence-corrected chi connectivity index (χ0v) is 10.8. The zero-order chi connectivity index (χ0) is 13.5. The van der Waals surface area contributed by atoms with Crippen LogP contribution < -0.4 is 0 Å². The molecular weight excluding hydrogens is 250 g/mol. The second-order valence-corrected chi connectivity index (χ2v) is 5.60. The summed E-state index contributed by atoms with van der Waals surface area (Å²) < 4.78 is 10.5. The fourth-order valence-corrected chi connectivity index (χ4v) is 2.37. The normalized spacial score (nSPS) is 22.2. The number of carboxylic acid groups (broad SMARTS) is 1. The van der Waals surface area contributed by atoms with Crippen molar-refractivity contribution < 1.29 is 19.2 Å². The third kappa shape index (κ3) is 2.93. The van der Waals surface area contributed by atoms with E-state index in [1.165, 1.54) is 0 Å². The van der Waals surface area contributed by atoms with Crippen LogP contribution in [0.5, 0.6) is 0 Å². The van der Waals surface area contributed by atoms with Crippen LogP contribution in [0.3, 0.4) is 0 Å². The van der Waals surface area contributed by atoms with Gasteiger partial charge in [0.1, 0.15) is 6.61 Å². The van der Waals surface area contributed by atoms with Crippen molar-refractivity contribution in [1.29, 1.82) is 0 Å². The standard InChI is InChI=1S/C12H17N3O4/c1-12(18-5-10(16)17)6-15(7-12)4-9-13-11(14-19-9)8-2-3-8/h8H,2-7H2,1H3,(H,16,17). The monoisotopic (exact) mass is 267 g/mol. The molecule has 1 aromatic heterocycles. The first kappa shape index (κ1) is 12.6. The molecule has 0 unspecified atom stereocenters. The summed E-state index contributed by atoms with van der Waals surface area (Å²) >= 11 is 0. The molecular formula is C12H17N3O4. The molecule has 1 aromatic rings. The van der Waals surface area contributed by atoms with Gasteiger partial charge in [-0.25, -0.2) is 4.79 Å². The number of hydrogen-bond acceptors (Lipinski definition) is 6. The third-order valence-corrected chi connectivity index (χ3v) is 3.45. The molecule has 0 atom stereocenters. The molecule has 0 aromatic carbocycles. The molecule has 1 aliphatic carbocycles. The Hall–Kier alpha value is -1.47. The second kappa shape index (κ2) is 4.57. The largest absolute Gasteiger partial charge is 0.480 e. The SMILES string of the molecule is CC1(OCC(=O)O)CN(Cc2nc(C3CC3)no2)C1. The lowest BCUT2D eigenvalue weighted by Gasteiger charge is -2.46. The molecule has 3 rings (SSSR count). The van der Waals surface area contributed by atoms with Gasteiger partial charge in [0.2, 0.25) is 5.89 Å². The first-order chi connectivity index (χ1) is 9.04. The summed E-state index contributed by atoms with van der Waals surface area (Å²) in [6.07, 6.45) is 2.31. The molecule has 104 valence electrons. The van der Waals surface area contributed by atoms with Gasteiger partial charge in [0.25, 0.3) is 0 Å². The van der Waals surface area contributed by atoms with Gasteiger partial charge in [-0.15, -0.1) is 0 Å². The van der Waals surface area contributed by atoms with Crippen LogP contribution in [0.4, 0.5) is 0 Å². The highest BCUT2D eigenvalue weighted by Gasteiger charge is 2.41. The predicted molar refractivity (Wildman–Crippen MR) is 63.5 cm³/mol. The van der Waals surface area contributed by atoms with E-state index < -0.39 is 5.97 Å². The van der Waals surface area contributed by atoms with E-state index in [0.29, 0.717) is 31.4 Å². The van der Waals surface area contributed by atoms with Crippen LogP contribution in [-0.4, -0.2) is 51.4 Å². The van der Waals surface area contributed by atoms with Gasteiger partial charge < -0.3 is 14.4 Å². The lowest BCUT2D eigenvalue weighted by Crippen LogP contribution is -2.61. The summed E-state index contributed by atoms with van der Waals surface area (Å²) in [4.78, 5) is 16.9. The lowest BCUT2D eigenvalue weighted by atomic mass is 9.96. The molecule has 7 heteroatoms. The Bertz CT molecular complexity index is 477. The fourth-order valence-electron chi connectivity index (χ4n) is 2.37. The van der Waals surface area contributed by atoms with Gasteiger partial charge in [-0.3, -0.25) is 4.90 Å². The molecule has 0 radical (unpaired) electrons. The van der Waals surface area contributed by atoms with Crippen molar-refractivity contribution in [1.82, 2.24) is 15.0 Å². The Morgan fingerprint density at radius 3 is 2.95 bits per heavy atom. The van der Waals surface area contributed by atoms with Crippen molar-refractivity contribution >= 4 is 5.97 Å². The van der Waals surface area contributed by atoms with Crippen molar-refractivity contribution in [3.05, 3.63) is 11.7 Å². The van der Waals surface area contributed by atoms with Crippen molar-refractivity contribution in [3.8, 4) is 0 Å². The molecule has 0 spiro atoms. The van der Waals surface area contributed by atoms with Gasteiger partial charge in [-0.05, 0) is 19.8 Å². The average molecular weight is 267 g/mol. The van der Waals surface area contributed by atoms with Crippen LogP contribution >= 0.6 is 0 Å². The van der Waals surface area contributed by atoms with E-state index in [1.54, 1.807) is 0 Å². The molecule has 19 heavy (non-hydrogen) atoms. The first-order valence-corrected chi connectivity index (χ1v) is 6.45. The summed E-state index contributed by atoms with van der Waals surface area (Å²) in [6, 6.07) is 0. The van der Waals surface area contributed by atoms with Crippen molar-refractivity contribution in [3.63, 3.8) is 0 Å². The molecule has 0 amide bonds. The van der Waals surface area contributed by atoms with Crippen molar-refractivity contribution in [2.45, 2.75) is 37.8 Å². The number of aliphatic carboxylic acids is 1. The van der Waals surface area contributed by atoms with E-state index in [0.717, 1.165) is 18.7 Å².